The molecule has 2 aliphatic rings. The van der Waals surface area contributed by atoms with Crippen LogP contribution in [0.4, 0.5) is 5.69 Å². The molecule has 0 saturated carbocycles. The van der Waals surface area contributed by atoms with Crippen molar-refractivity contribution in [2.24, 2.45) is 0 Å². The van der Waals surface area contributed by atoms with Crippen molar-refractivity contribution in [3.63, 3.8) is 0 Å². The molecule has 0 radical (unpaired) electrons. The third-order valence-corrected chi connectivity index (χ3v) is 4.24. The zero-order chi connectivity index (χ0) is 14.9. The molecule has 112 valence electrons. The van der Waals surface area contributed by atoms with Crippen LogP contribution in [0.3, 0.4) is 0 Å². The van der Waals surface area contributed by atoms with Gasteiger partial charge < -0.3 is 15.4 Å². The first-order chi connectivity index (χ1) is 10.8. The molecule has 4 rings (SSSR count). The lowest BCUT2D eigenvalue weighted by atomic mass is 10.1. The topological polar surface area (TPSA) is 36.6 Å². The highest BCUT2D eigenvalue weighted by Crippen LogP contribution is 2.39. The maximum absolute atomic E-state index is 5.90. The Bertz CT molecular complexity index is 688. The maximum atomic E-state index is 5.90. The minimum atomic E-state index is 0.0428. The van der Waals surface area contributed by atoms with Crippen molar-refractivity contribution in [1.82, 2.24) is 5.32 Å². The van der Waals surface area contributed by atoms with Gasteiger partial charge in [0.25, 0.3) is 0 Å². The molecule has 0 amide bonds. The third kappa shape index (κ3) is 3.02. The summed E-state index contributed by atoms with van der Waals surface area (Å²) in [4.78, 5) is 0. The van der Waals surface area contributed by atoms with E-state index >= 15 is 0 Å². The number of hydrogen-bond acceptors (Lipinski definition) is 3. The molecule has 2 unspecified atom stereocenters. The first kappa shape index (κ1) is 13.8. The van der Waals surface area contributed by atoms with Gasteiger partial charge in [0.2, 0.25) is 0 Å². The molecule has 2 atom stereocenters. The molecular weight excluding hydrogens is 296 g/mol. The van der Waals surface area contributed by atoms with Crippen LogP contribution in [-0.4, -0.2) is 19.3 Å². The molecule has 2 saturated heterocycles. The van der Waals surface area contributed by atoms with Gasteiger partial charge in [-0.2, -0.15) is 0 Å². The van der Waals surface area contributed by atoms with E-state index in [1.54, 1.807) is 0 Å². The van der Waals surface area contributed by atoms with Gasteiger partial charge in [-0.05, 0) is 41.0 Å². The van der Waals surface area contributed by atoms with E-state index in [-0.39, 0.29) is 12.3 Å². The quantitative estimate of drug-likeness (QED) is 0.842. The average Bonchev–Trinajstić information content (AvgIpc) is 3.24. The van der Waals surface area contributed by atoms with Crippen LogP contribution in [0.25, 0.3) is 6.08 Å². The normalized spacial score (nSPS) is 22.9. The Kier molecular flexibility index (Phi) is 3.62. The van der Waals surface area contributed by atoms with Gasteiger partial charge in [0.05, 0.1) is 0 Å². The molecular formula is C18H17ClN2O. The van der Waals surface area contributed by atoms with Gasteiger partial charge in [-0.15, -0.1) is 0 Å². The fourth-order valence-electron chi connectivity index (χ4n) is 2.58. The molecule has 2 aromatic rings. The van der Waals surface area contributed by atoms with Crippen LogP contribution in [0.2, 0.25) is 5.02 Å². The molecule has 3 nitrogen and oxygen atoms in total. The van der Waals surface area contributed by atoms with Crippen LogP contribution in [0.1, 0.15) is 17.2 Å². The summed E-state index contributed by atoms with van der Waals surface area (Å²) in [7, 11) is 0. The number of anilines is 1. The second kappa shape index (κ2) is 5.76. The molecule has 0 aromatic heterocycles. The van der Waals surface area contributed by atoms with Gasteiger partial charge in [-0.3, -0.25) is 0 Å². The minimum absolute atomic E-state index is 0.0428. The molecule has 4 heteroatoms. The third-order valence-electron chi connectivity index (χ3n) is 3.98. The van der Waals surface area contributed by atoms with Crippen LogP contribution < -0.4 is 10.6 Å². The van der Waals surface area contributed by atoms with Crippen LogP contribution in [-0.2, 0) is 4.74 Å². The first-order valence-electron chi connectivity index (χ1n) is 7.46. The van der Waals surface area contributed by atoms with Crippen molar-refractivity contribution in [3.05, 3.63) is 70.3 Å². The second-order valence-corrected chi connectivity index (χ2v) is 6.14. The number of halogens is 1. The molecule has 2 aromatic carbocycles. The smallest absolute Gasteiger partial charge is 0.159 e. The van der Waals surface area contributed by atoms with E-state index in [1.807, 2.05) is 24.3 Å². The SMILES string of the molecule is Clc1ccc(C2OC2Nc2ccc(C=C3CNC3)cc2)cc1. The van der Waals surface area contributed by atoms with Crippen LogP contribution >= 0.6 is 11.6 Å². The number of epoxide rings is 1. The van der Waals surface area contributed by atoms with E-state index < -0.39 is 0 Å². The van der Waals surface area contributed by atoms with Crippen molar-refractivity contribution in [2.45, 2.75) is 12.3 Å². The molecule has 0 aliphatic carbocycles. The van der Waals surface area contributed by atoms with Crippen LogP contribution in [0.15, 0.2) is 54.1 Å². The van der Waals surface area contributed by atoms with E-state index in [2.05, 4.69) is 41.0 Å². The summed E-state index contributed by atoms with van der Waals surface area (Å²) in [5.41, 5.74) is 4.93. The highest BCUT2D eigenvalue weighted by molar-refractivity contribution is 6.30. The summed E-state index contributed by atoms with van der Waals surface area (Å²) in [6, 6.07) is 16.3. The Hall–Kier alpha value is -1.81. The van der Waals surface area contributed by atoms with Gasteiger partial charge in [0.15, 0.2) is 6.23 Å². The van der Waals surface area contributed by atoms with Crippen molar-refractivity contribution in [3.8, 4) is 0 Å². The molecule has 0 bridgehead atoms. The summed E-state index contributed by atoms with van der Waals surface area (Å²) in [6.07, 6.45) is 2.39. The fourth-order valence-corrected chi connectivity index (χ4v) is 2.70. The van der Waals surface area contributed by atoms with Crippen LogP contribution in [0.5, 0.6) is 0 Å². The molecule has 2 N–H and O–H groups in total. The molecule has 2 heterocycles. The molecule has 2 aliphatic heterocycles. The van der Waals surface area contributed by atoms with E-state index in [1.165, 1.54) is 11.1 Å². The zero-order valence-electron chi connectivity index (χ0n) is 12.1. The Labute approximate surface area is 134 Å². The summed E-state index contributed by atoms with van der Waals surface area (Å²) in [5, 5.41) is 7.40. The highest BCUT2D eigenvalue weighted by Gasteiger charge is 2.40. The van der Waals surface area contributed by atoms with E-state index in [4.69, 9.17) is 16.3 Å². The average molecular weight is 313 g/mol. The number of nitrogens with one attached hydrogen (secondary N) is 2. The number of ether oxygens (including phenoxy) is 1. The molecule has 2 fully saturated rings. The lowest BCUT2D eigenvalue weighted by Gasteiger charge is -2.18. The summed E-state index contributed by atoms with van der Waals surface area (Å²) < 4.78 is 5.69. The standard InChI is InChI=1S/C18H17ClN2O/c19-15-5-3-14(4-6-15)17-18(22-17)21-16-7-1-12(2-8-16)9-13-10-20-11-13/h1-9,17-18,20-21H,10-11H2. The minimum Gasteiger partial charge on any atom is -0.358 e. The maximum Gasteiger partial charge on any atom is 0.159 e. The Balaban J connectivity index is 1.37. The van der Waals surface area contributed by atoms with Gasteiger partial charge in [-0.1, -0.05) is 41.9 Å². The summed E-state index contributed by atoms with van der Waals surface area (Å²) in [5.74, 6) is 0. The lowest BCUT2D eigenvalue weighted by molar-refractivity contribution is 0.386. The predicted octanol–water partition coefficient (Wildman–Crippen LogP) is 3.84. The van der Waals surface area contributed by atoms with Crippen molar-refractivity contribution >= 4 is 23.4 Å². The van der Waals surface area contributed by atoms with Gasteiger partial charge >= 0.3 is 0 Å². The predicted molar refractivity (Wildman–Crippen MR) is 90.0 cm³/mol. The van der Waals surface area contributed by atoms with E-state index in [0.29, 0.717) is 0 Å². The number of benzene rings is 2. The Morgan fingerprint density at radius 1 is 1.05 bits per heavy atom. The summed E-state index contributed by atoms with van der Waals surface area (Å²) >= 11 is 5.90. The fraction of sp³-hybridized carbons (Fsp3) is 0.222. The highest BCUT2D eigenvalue weighted by atomic mass is 35.5. The Morgan fingerprint density at radius 2 is 1.77 bits per heavy atom. The van der Waals surface area contributed by atoms with Crippen LogP contribution in [0, 0.1) is 0 Å². The van der Waals surface area contributed by atoms with Gasteiger partial charge in [-0.25, -0.2) is 0 Å². The first-order valence-corrected chi connectivity index (χ1v) is 7.83. The largest absolute Gasteiger partial charge is 0.358 e. The Morgan fingerprint density at radius 3 is 2.41 bits per heavy atom. The van der Waals surface area contributed by atoms with Gasteiger partial charge in [0, 0.05) is 23.8 Å². The van der Waals surface area contributed by atoms with Gasteiger partial charge in [0.1, 0.15) is 6.10 Å². The molecule has 0 spiro atoms. The molecule has 22 heavy (non-hydrogen) atoms. The summed E-state index contributed by atoms with van der Waals surface area (Å²) in [6.45, 7) is 2.03. The lowest BCUT2D eigenvalue weighted by Crippen LogP contribution is -2.33. The number of rotatable bonds is 4. The second-order valence-electron chi connectivity index (χ2n) is 5.70. The van der Waals surface area contributed by atoms with Crippen molar-refractivity contribution in [1.29, 1.82) is 0 Å². The van der Waals surface area contributed by atoms with E-state index in [0.717, 1.165) is 29.4 Å². The van der Waals surface area contributed by atoms with E-state index in [9.17, 15) is 0 Å². The van der Waals surface area contributed by atoms with Crippen molar-refractivity contribution in [2.75, 3.05) is 18.4 Å². The number of hydrogen-bond donors (Lipinski definition) is 2. The van der Waals surface area contributed by atoms with Crippen molar-refractivity contribution < 1.29 is 4.74 Å². The zero-order valence-corrected chi connectivity index (χ0v) is 12.8. The monoisotopic (exact) mass is 312 g/mol.